The summed E-state index contributed by atoms with van der Waals surface area (Å²) in [5.41, 5.74) is 0.683. The van der Waals surface area contributed by atoms with Crippen LogP contribution in [0.25, 0.3) is 0 Å². The van der Waals surface area contributed by atoms with Crippen molar-refractivity contribution in [3.05, 3.63) is 11.1 Å². The second-order valence-electron chi connectivity index (χ2n) is 18.7. The van der Waals surface area contributed by atoms with E-state index < -0.39 is 22.9 Å². The van der Waals surface area contributed by atoms with Gasteiger partial charge in [0.05, 0.1) is 17.4 Å². The molecule has 264 valence electrons. The molecule has 8 atom stereocenters. The number of carboxylic acid groups (broad SMARTS) is 1. The van der Waals surface area contributed by atoms with Gasteiger partial charge in [-0.05, 0) is 119 Å². The molecule has 5 aliphatic rings. The minimum Gasteiger partial charge on any atom is -0.481 e. The Bertz CT molecular complexity index is 1360. The predicted molar refractivity (Wildman–Crippen MR) is 182 cm³/mol. The van der Waals surface area contributed by atoms with Crippen molar-refractivity contribution in [3.8, 4) is 0 Å². The number of fused-ring (bicyclic) bond motifs is 6. The molecule has 47 heavy (non-hydrogen) atoms. The first-order valence-corrected chi connectivity index (χ1v) is 18.3. The third kappa shape index (κ3) is 5.46. The molecule has 4 saturated carbocycles. The molecule has 8 nitrogen and oxygen atoms in total. The topological polar surface area (TPSA) is 122 Å². The van der Waals surface area contributed by atoms with E-state index in [1.54, 1.807) is 13.8 Å². The second kappa shape index (κ2) is 11.6. The highest BCUT2D eigenvalue weighted by molar-refractivity contribution is 5.92. The van der Waals surface area contributed by atoms with Gasteiger partial charge in [0.25, 0.3) is 0 Å². The van der Waals surface area contributed by atoms with Crippen molar-refractivity contribution in [2.75, 3.05) is 0 Å². The number of nitrogens with one attached hydrogen (secondary N) is 2. The Morgan fingerprint density at radius 1 is 0.936 bits per heavy atom. The Balaban J connectivity index is 1.48. The highest BCUT2D eigenvalue weighted by Crippen LogP contribution is 2.75. The van der Waals surface area contributed by atoms with Crippen molar-refractivity contribution < 1.29 is 29.0 Å². The molecule has 8 heteroatoms. The number of Topliss-reactive ketones (excluding diaryl/α,β-unsaturated/α-hetero) is 1. The van der Waals surface area contributed by atoms with E-state index in [1.165, 1.54) is 11.1 Å². The molecule has 0 spiro atoms. The molecule has 0 aromatic rings. The third-order valence-corrected chi connectivity index (χ3v) is 14.5. The van der Waals surface area contributed by atoms with Gasteiger partial charge in [0, 0.05) is 23.8 Å². The predicted octanol–water partition coefficient (Wildman–Crippen LogP) is 7.84. The number of carbonyl (C=O) groups excluding carboxylic acids is 3. The third-order valence-electron chi connectivity index (χ3n) is 14.5. The average Bonchev–Trinajstić information content (AvgIpc) is 3.21. The quantitative estimate of drug-likeness (QED) is 0.190. The van der Waals surface area contributed by atoms with E-state index in [1.807, 2.05) is 13.8 Å². The largest absolute Gasteiger partial charge is 0.481 e. The van der Waals surface area contributed by atoms with Crippen LogP contribution in [0.1, 0.15) is 140 Å². The first kappa shape index (κ1) is 35.9. The molecule has 3 unspecified atom stereocenters. The lowest BCUT2D eigenvalue weighted by Gasteiger charge is -2.70. The molecule has 5 aliphatic carbocycles. The van der Waals surface area contributed by atoms with Crippen molar-refractivity contribution in [2.24, 2.45) is 50.7 Å². The number of carboxylic acids is 1. The van der Waals surface area contributed by atoms with Gasteiger partial charge in [-0.25, -0.2) is 4.79 Å². The van der Waals surface area contributed by atoms with Crippen LogP contribution in [-0.2, 0) is 19.1 Å². The van der Waals surface area contributed by atoms with Crippen LogP contribution in [0.2, 0.25) is 0 Å². The van der Waals surface area contributed by atoms with Gasteiger partial charge < -0.3 is 20.5 Å². The molecule has 0 aliphatic heterocycles. The number of esters is 1. The van der Waals surface area contributed by atoms with Crippen LogP contribution in [0.15, 0.2) is 11.1 Å². The fourth-order valence-corrected chi connectivity index (χ4v) is 12.0. The van der Waals surface area contributed by atoms with E-state index in [-0.39, 0.29) is 63.9 Å². The van der Waals surface area contributed by atoms with Crippen LogP contribution in [0, 0.1) is 50.7 Å². The molecule has 0 heterocycles. The summed E-state index contributed by atoms with van der Waals surface area (Å²) >= 11 is 0. The SMILES string of the molecule is CC(C)NC(=O)N[C@@]12CC[C@]3(C)C(=C1C(C(C)C)C(=O)C2)CCC1[C@@]2(C)CC[C@H](OC(=O)CC(C)(C)C(=O)O)C(C)(C)C2CC[C@]13C. The molecule has 2 amide bonds. The summed E-state index contributed by atoms with van der Waals surface area (Å²) in [4.78, 5) is 51.7. The summed E-state index contributed by atoms with van der Waals surface area (Å²) in [6.45, 7) is 23.4. The Labute approximate surface area is 283 Å². The second-order valence-corrected chi connectivity index (χ2v) is 18.7. The van der Waals surface area contributed by atoms with Crippen molar-refractivity contribution in [2.45, 2.75) is 158 Å². The van der Waals surface area contributed by atoms with Gasteiger partial charge in [-0.3, -0.25) is 14.4 Å². The van der Waals surface area contributed by atoms with Gasteiger partial charge >= 0.3 is 18.0 Å². The molecular formula is C39H62N2O6. The van der Waals surface area contributed by atoms with Gasteiger partial charge in [0.15, 0.2) is 0 Å². The van der Waals surface area contributed by atoms with Crippen molar-refractivity contribution in [3.63, 3.8) is 0 Å². The molecular weight excluding hydrogens is 592 g/mol. The number of aliphatic carboxylic acids is 1. The number of carbonyl (C=O) groups is 4. The monoisotopic (exact) mass is 654 g/mol. The molecule has 3 N–H and O–H groups in total. The van der Waals surface area contributed by atoms with Gasteiger partial charge in [-0.1, -0.05) is 54.0 Å². The standard InChI is InChI=1S/C39H62N2O6/c1-22(2)30-25(42)20-39(41-33(46)40-23(3)4)19-18-37(10)24(31(30)39)12-13-27-36(9)16-15-28(47-29(43)21-34(5,6)32(44)45)35(7,8)26(36)14-17-38(27,37)11/h22-23,26-28,30H,12-21H2,1-11H3,(H,44,45)(H2,40,41,46)/t26?,27?,28-,30?,36-,37+,38+,39+/m0/s1. The number of rotatable bonds is 7. The number of hydrogen-bond donors (Lipinski definition) is 3. The molecule has 0 aromatic heterocycles. The van der Waals surface area contributed by atoms with Gasteiger partial charge in [0.1, 0.15) is 11.9 Å². The zero-order valence-electron chi connectivity index (χ0n) is 31.0. The summed E-state index contributed by atoms with van der Waals surface area (Å²) in [5.74, 6) is -0.300. The van der Waals surface area contributed by atoms with Gasteiger partial charge in [-0.15, -0.1) is 0 Å². The summed E-state index contributed by atoms with van der Waals surface area (Å²) in [7, 11) is 0. The number of ketones is 1. The summed E-state index contributed by atoms with van der Waals surface area (Å²) in [6.07, 6.45) is 7.58. The van der Waals surface area contributed by atoms with Crippen LogP contribution in [0.5, 0.6) is 0 Å². The molecule has 5 rings (SSSR count). The molecule has 0 radical (unpaired) electrons. The summed E-state index contributed by atoms with van der Waals surface area (Å²) in [6, 6.07) is -0.169. The van der Waals surface area contributed by atoms with Crippen molar-refractivity contribution >= 4 is 23.8 Å². The Morgan fingerprint density at radius 3 is 2.19 bits per heavy atom. The minimum atomic E-state index is -1.16. The molecule has 0 aromatic carbocycles. The number of hydrogen-bond acceptors (Lipinski definition) is 5. The van der Waals surface area contributed by atoms with Crippen molar-refractivity contribution in [1.82, 2.24) is 10.6 Å². The van der Waals surface area contributed by atoms with Crippen LogP contribution < -0.4 is 10.6 Å². The number of amides is 2. The number of allylic oxidation sites excluding steroid dienone is 1. The minimum absolute atomic E-state index is 0.0130. The van der Waals surface area contributed by atoms with Crippen LogP contribution in [0.3, 0.4) is 0 Å². The van der Waals surface area contributed by atoms with Crippen molar-refractivity contribution in [1.29, 1.82) is 0 Å². The Hall–Kier alpha value is -2.38. The first-order chi connectivity index (χ1) is 21.6. The van der Waals surface area contributed by atoms with E-state index in [9.17, 15) is 24.3 Å². The van der Waals surface area contributed by atoms with Crippen LogP contribution >= 0.6 is 0 Å². The number of urea groups is 1. The lowest BCUT2D eigenvalue weighted by molar-refractivity contribution is -0.214. The fourth-order valence-electron chi connectivity index (χ4n) is 12.0. The van der Waals surface area contributed by atoms with E-state index in [0.29, 0.717) is 18.3 Å². The highest BCUT2D eigenvalue weighted by atomic mass is 16.5. The average molecular weight is 655 g/mol. The maximum atomic E-state index is 13.8. The zero-order chi connectivity index (χ0) is 35.1. The Kier molecular flexibility index (Phi) is 8.87. The van der Waals surface area contributed by atoms with Gasteiger partial charge in [-0.2, -0.15) is 0 Å². The molecule has 0 bridgehead atoms. The van der Waals surface area contributed by atoms with E-state index in [2.05, 4.69) is 59.1 Å². The summed E-state index contributed by atoms with van der Waals surface area (Å²) in [5, 5.41) is 16.0. The first-order valence-electron chi connectivity index (χ1n) is 18.3. The Morgan fingerprint density at radius 2 is 1.60 bits per heavy atom. The smallest absolute Gasteiger partial charge is 0.315 e. The maximum absolute atomic E-state index is 13.8. The van der Waals surface area contributed by atoms with E-state index in [4.69, 9.17) is 4.74 Å². The molecule has 0 saturated heterocycles. The van der Waals surface area contributed by atoms with E-state index >= 15 is 0 Å². The lowest BCUT2D eigenvalue weighted by atomic mass is 9.34. The van der Waals surface area contributed by atoms with Gasteiger partial charge in [0.2, 0.25) is 0 Å². The lowest BCUT2D eigenvalue weighted by Crippen LogP contribution is -2.65. The zero-order valence-corrected chi connectivity index (χ0v) is 31.0. The van der Waals surface area contributed by atoms with Crippen LogP contribution in [-0.4, -0.2) is 46.5 Å². The van der Waals surface area contributed by atoms with Crippen LogP contribution in [0.4, 0.5) is 4.79 Å². The molecule has 4 fully saturated rings. The normalized spacial score (nSPS) is 39.5. The van der Waals surface area contributed by atoms with E-state index in [0.717, 1.165) is 51.4 Å². The number of ether oxygens (including phenoxy) is 1. The fraction of sp³-hybridized carbons (Fsp3) is 0.846. The highest BCUT2D eigenvalue weighted by Gasteiger charge is 2.69. The maximum Gasteiger partial charge on any atom is 0.315 e. The summed E-state index contributed by atoms with van der Waals surface area (Å²) < 4.78 is 6.13.